The van der Waals surface area contributed by atoms with Crippen molar-refractivity contribution in [1.29, 1.82) is 0 Å². The average molecular weight is 404 g/mol. The Morgan fingerprint density at radius 2 is 2.03 bits per heavy atom. The number of carbonyl (C=O) groups is 2. The van der Waals surface area contributed by atoms with Gasteiger partial charge in [-0.15, -0.1) is 11.3 Å². The summed E-state index contributed by atoms with van der Waals surface area (Å²) in [4.78, 5) is 33.9. The monoisotopic (exact) mass is 403 g/mol. The number of aliphatic imine (C=N–C) groups is 1. The third-order valence-corrected chi connectivity index (χ3v) is 5.84. The van der Waals surface area contributed by atoms with Crippen LogP contribution in [0.3, 0.4) is 0 Å². The fraction of sp³-hybridized carbons (Fsp3) is 0.174. The van der Waals surface area contributed by atoms with Crippen LogP contribution in [0.1, 0.15) is 23.8 Å². The van der Waals surface area contributed by atoms with Crippen LogP contribution in [0.2, 0.25) is 0 Å². The first-order valence-electron chi connectivity index (χ1n) is 9.40. The first kappa shape index (κ1) is 19.1. The van der Waals surface area contributed by atoms with Crippen molar-refractivity contribution in [3.05, 3.63) is 87.9 Å². The number of nitrogens with zero attached hydrogens (tertiary/aromatic N) is 3. The molecule has 0 unspecified atom stereocenters. The Hall–Kier alpha value is -3.25. The molecule has 6 heteroatoms. The van der Waals surface area contributed by atoms with Gasteiger partial charge in [0.25, 0.3) is 5.91 Å². The highest BCUT2D eigenvalue weighted by Crippen LogP contribution is 2.29. The van der Waals surface area contributed by atoms with Crippen LogP contribution in [-0.4, -0.2) is 40.5 Å². The molecular weight excluding hydrogens is 382 g/mol. The fourth-order valence-corrected chi connectivity index (χ4v) is 3.98. The second-order valence-electron chi connectivity index (χ2n) is 6.91. The van der Waals surface area contributed by atoms with Crippen LogP contribution in [0, 0.1) is 0 Å². The minimum atomic E-state index is -0.147. The van der Waals surface area contributed by atoms with E-state index >= 15 is 0 Å². The molecule has 5 nitrogen and oxygen atoms in total. The van der Waals surface area contributed by atoms with Crippen molar-refractivity contribution < 1.29 is 9.59 Å². The molecule has 1 aromatic heterocycles. The van der Waals surface area contributed by atoms with Gasteiger partial charge in [0.05, 0.1) is 6.04 Å². The molecule has 0 saturated carbocycles. The highest BCUT2D eigenvalue weighted by Gasteiger charge is 2.34. The van der Waals surface area contributed by atoms with Crippen molar-refractivity contribution in [3.8, 4) is 0 Å². The summed E-state index contributed by atoms with van der Waals surface area (Å²) in [6, 6.07) is 13.6. The van der Waals surface area contributed by atoms with E-state index < -0.39 is 0 Å². The van der Waals surface area contributed by atoms with Crippen molar-refractivity contribution in [3.63, 3.8) is 0 Å². The van der Waals surface area contributed by atoms with Crippen LogP contribution in [0.4, 0.5) is 0 Å². The van der Waals surface area contributed by atoms with E-state index in [9.17, 15) is 9.59 Å². The lowest BCUT2D eigenvalue weighted by Gasteiger charge is -2.28. The summed E-state index contributed by atoms with van der Waals surface area (Å²) < 4.78 is 0. The molecule has 0 fully saturated rings. The molecule has 2 amide bonds. The molecule has 2 aromatic rings. The Labute approximate surface area is 174 Å². The molecule has 1 aliphatic carbocycles. The van der Waals surface area contributed by atoms with Crippen LogP contribution in [0.5, 0.6) is 0 Å². The summed E-state index contributed by atoms with van der Waals surface area (Å²) in [6.45, 7) is 1.55. The molecule has 4 rings (SSSR count). The number of hydrogen-bond acceptors (Lipinski definition) is 4. The second-order valence-corrected chi connectivity index (χ2v) is 7.89. The Morgan fingerprint density at radius 1 is 1.24 bits per heavy atom. The number of benzene rings is 1. The zero-order valence-corrected chi connectivity index (χ0v) is 17.1. The normalized spacial score (nSPS) is 20.1. The Morgan fingerprint density at radius 3 is 2.66 bits per heavy atom. The third-order valence-electron chi connectivity index (χ3n) is 5.02. The SMILES string of the molecule is CC(=O)N(C)[C@@H]1C=CC(N2C(=O)/C(=C\c3cccs3)N=C2c2ccccc2)=CC1. The van der Waals surface area contributed by atoms with E-state index in [4.69, 9.17) is 0 Å². The van der Waals surface area contributed by atoms with E-state index in [-0.39, 0.29) is 17.9 Å². The van der Waals surface area contributed by atoms with Gasteiger partial charge in [0.1, 0.15) is 11.5 Å². The fourth-order valence-electron chi connectivity index (χ4n) is 3.33. The largest absolute Gasteiger partial charge is 0.339 e. The Bertz CT molecular complexity index is 1050. The number of hydrogen-bond donors (Lipinski definition) is 0. The summed E-state index contributed by atoms with van der Waals surface area (Å²) in [5.74, 6) is 0.487. The second kappa shape index (κ2) is 8.01. The molecule has 0 spiro atoms. The molecule has 2 aliphatic rings. The molecule has 1 aliphatic heterocycles. The van der Waals surface area contributed by atoms with Crippen molar-refractivity contribution in [2.75, 3.05) is 7.05 Å². The molecule has 1 atom stereocenters. The number of rotatable bonds is 4. The molecule has 2 heterocycles. The van der Waals surface area contributed by atoms with Crippen LogP contribution in [0.25, 0.3) is 6.08 Å². The zero-order valence-electron chi connectivity index (χ0n) is 16.3. The van der Waals surface area contributed by atoms with E-state index in [1.165, 1.54) is 0 Å². The van der Waals surface area contributed by atoms with Gasteiger partial charge in [0.2, 0.25) is 5.91 Å². The third kappa shape index (κ3) is 3.84. The van der Waals surface area contributed by atoms with Gasteiger partial charge in [-0.1, -0.05) is 48.6 Å². The highest BCUT2D eigenvalue weighted by atomic mass is 32.1. The highest BCUT2D eigenvalue weighted by molar-refractivity contribution is 7.10. The molecule has 0 saturated heterocycles. The predicted molar refractivity (Wildman–Crippen MR) is 116 cm³/mol. The van der Waals surface area contributed by atoms with Crippen molar-refractivity contribution in [2.24, 2.45) is 4.99 Å². The smallest absolute Gasteiger partial charge is 0.282 e. The van der Waals surface area contributed by atoms with E-state index in [0.717, 1.165) is 16.1 Å². The van der Waals surface area contributed by atoms with Gasteiger partial charge in [-0.3, -0.25) is 14.5 Å². The van der Waals surface area contributed by atoms with Crippen LogP contribution < -0.4 is 0 Å². The van der Waals surface area contributed by atoms with Gasteiger partial charge >= 0.3 is 0 Å². The maximum atomic E-state index is 13.2. The van der Waals surface area contributed by atoms with Crippen LogP contribution in [0.15, 0.2) is 82.5 Å². The molecule has 0 N–H and O–H groups in total. The number of allylic oxidation sites excluding steroid dienone is 1. The van der Waals surface area contributed by atoms with Crippen LogP contribution >= 0.6 is 11.3 Å². The van der Waals surface area contributed by atoms with Gasteiger partial charge in [-0.2, -0.15) is 0 Å². The number of likely N-dealkylation sites (N-methyl/N-ethyl adjacent to an activating group) is 1. The van der Waals surface area contributed by atoms with E-state index in [0.29, 0.717) is 18.0 Å². The van der Waals surface area contributed by atoms with Gasteiger partial charge in [-0.25, -0.2) is 4.99 Å². The first-order valence-corrected chi connectivity index (χ1v) is 10.3. The standard InChI is InChI=1S/C23H21N3O2S/c1-16(27)25(2)18-10-12-19(13-11-18)26-22(17-7-4-3-5-8-17)24-21(23(26)28)15-20-9-6-14-29-20/h3-10,12-15,18H,11H2,1-2H3/b21-15+/t18-/m1/s1. The number of carbonyl (C=O) groups excluding carboxylic acids is 2. The zero-order chi connectivity index (χ0) is 20.4. The van der Waals surface area contributed by atoms with E-state index in [2.05, 4.69) is 4.99 Å². The van der Waals surface area contributed by atoms with Gasteiger partial charge in [-0.05, 0) is 30.0 Å². The predicted octanol–water partition coefficient (Wildman–Crippen LogP) is 4.07. The minimum Gasteiger partial charge on any atom is -0.339 e. The summed E-state index contributed by atoms with van der Waals surface area (Å²) >= 11 is 1.57. The van der Waals surface area contributed by atoms with Gasteiger partial charge < -0.3 is 4.90 Å². The molecule has 0 bridgehead atoms. The van der Waals surface area contributed by atoms with E-state index in [1.54, 1.807) is 35.1 Å². The van der Waals surface area contributed by atoms with Crippen molar-refractivity contribution in [1.82, 2.24) is 9.80 Å². The number of thiophene rings is 1. The molecule has 0 radical (unpaired) electrons. The number of amides is 2. The first-order chi connectivity index (χ1) is 14.0. The average Bonchev–Trinajstić information content (AvgIpc) is 3.37. The quantitative estimate of drug-likeness (QED) is 0.723. The van der Waals surface area contributed by atoms with Gasteiger partial charge in [0.15, 0.2) is 0 Å². The lowest BCUT2D eigenvalue weighted by atomic mass is 10.0. The lowest BCUT2D eigenvalue weighted by molar-refractivity contribution is -0.128. The summed E-state index contributed by atoms with van der Waals surface area (Å²) in [6.07, 6.45) is 8.34. The molecular formula is C23H21N3O2S. The summed E-state index contributed by atoms with van der Waals surface area (Å²) in [5, 5.41) is 1.98. The maximum Gasteiger partial charge on any atom is 0.282 e. The van der Waals surface area contributed by atoms with Crippen LogP contribution in [-0.2, 0) is 9.59 Å². The molecule has 29 heavy (non-hydrogen) atoms. The van der Waals surface area contributed by atoms with Gasteiger partial charge in [0, 0.05) is 30.1 Å². The molecule has 1 aromatic carbocycles. The maximum absolute atomic E-state index is 13.2. The lowest BCUT2D eigenvalue weighted by Crippen LogP contribution is -2.37. The Balaban J connectivity index is 1.68. The van der Waals surface area contributed by atoms with E-state index in [1.807, 2.05) is 72.1 Å². The number of amidine groups is 1. The Kier molecular flexibility index (Phi) is 5.27. The summed E-state index contributed by atoms with van der Waals surface area (Å²) in [5.41, 5.74) is 2.08. The summed E-state index contributed by atoms with van der Waals surface area (Å²) in [7, 11) is 1.79. The topological polar surface area (TPSA) is 53.0 Å². The molecule has 146 valence electrons. The van der Waals surface area contributed by atoms with Crippen molar-refractivity contribution >= 4 is 35.1 Å². The minimum absolute atomic E-state index is 0.00722. The van der Waals surface area contributed by atoms with Crippen molar-refractivity contribution in [2.45, 2.75) is 19.4 Å².